The van der Waals surface area contributed by atoms with E-state index in [1.807, 2.05) is 43.3 Å². The Morgan fingerprint density at radius 2 is 2.05 bits per heavy atom. The van der Waals surface area contributed by atoms with Gasteiger partial charge in [0.2, 0.25) is 0 Å². The number of aromatic nitrogens is 1. The molecule has 1 aliphatic rings. The average Bonchev–Trinajstić information content (AvgIpc) is 2.80. The van der Waals surface area contributed by atoms with E-state index in [-0.39, 0.29) is 11.8 Å². The zero-order valence-electron chi connectivity index (χ0n) is 10.8. The summed E-state index contributed by atoms with van der Waals surface area (Å²) in [7, 11) is 0. The van der Waals surface area contributed by atoms with Crippen LogP contribution in [0.1, 0.15) is 6.92 Å². The maximum atomic E-state index is 11.2. The Labute approximate surface area is 111 Å². The number of hydrogen-bond acceptors (Lipinski definition) is 3. The number of aliphatic carboxylic acids is 1. The minimum Gasteiger partial charge on any atom is -0.481 e. The van der Waals surface area contributed by atoms with Crippen molar-refractivity contribution in [2.75, 3.05) is 18.0 Å². The molecule has 0 amide bonds. The van der Waals surface area contributed by atoms with Gasteiger partial charge in [-0.25, -0.2) is 4.98 Å². The fraction of sp³-hybridized carbons (Fsp3) is 0.333. The van der Waals surface area contributed by atoms with Gasteiger partial charge in [-0.3, -0.25) is 4.79 Å². The Morgan fingerprint density at radius 3 is 2.79 bits per heavy atom. The van der Waals surface area contributed by atoms with E-state index in [1.165, 1.54) is 0 Å². The lowest BCUT2D eigenvalue weighted by Crippen LogP contribution is -2.23. The summed E-state index contributed by atoms with van der Waals surface area (Å²) in [6.45, 7) is 3.28. The van der Waals surface area contributed by atoms with Gasteiger partial charge >= 0.3 is 5.97 Å². The lowest BCUT2D eigenvalue weighted by atomic mass is 9.99. The second-order valence-corrected chi connectivity index (χ2v) is 5.19. The molecule has 3 rings (SSSR count). The van der Waals surface area contributed by atoms with Crippen LogP contribution in [0.2, 0.25) is 0 Å². The smallest absolute Gasteiger partial charge is 0.308 e. The molecule has 0 unspecified atom stereocenters. The summed E-state index contributed by atoms with van der Waals surface area (Å²) in [5.74, 6) is 0.0177. The minimum absolute atomic E-state index is 0.158. The van der Waals surface area contributed by atoms with E-state index < -0.39 is 5.97 Å². The Hall–Kier alpha value is -2.10. The number of benzene rings is 1. The number of hydrogen-bond donors (Lipinski definition) is 1. The normalized spacial score (nSPS) is 22.9. The molecule has 0 spiro atoms. The van der Waals surface area contributed by atoms with Crippen molar-refractivity contribution in [2.24, 2.45) is 11.8 Å². The number of nitrogens with zero attached hydrogens (tertiary/aromatic N) is 2. The molecule has 1 N–H and O–H groups in total. The number of rotatable bonds is 2. The van der Waals surface area contributed by atoms with Crippen molar-refractivity contribution >= 4 is 22.7 Å². The third-order valence-electron chi connectivity index (χ3n) is 3.84. The lowest BCUT2D eigenvalue weighted by molar-refractivity contribution is -0.142. The summed E-state index contributed by atoms with van der Waals surface area (Å²) in [4.78, 5) is 17.8. The van der Waals surface area contributed by atoms with Gasteiger partial charge in [0.05, 0.1) is 11.4 Å². The van der Waals surface area contributed by atoms with E-state index in [1.54, 1.807) is 0 Å². The molecule has 2 aromatic rings. The van der Waals surface area contributed by atoms with Crippen molar-refractivity contribution in [2.45, 2.75) is 6.92 Å². The molecule has 1 aromatic carbocycles. The Bertz CT molecular complexity index is 626. The van der Waals surface area contributed by atoms with E-state index >= 15 is 0 Å². The highest BCUT2D eigenvalue weighted by Crippen LogP contribution is 2.28. The van der Waals surface area contributed by atoms with Crippen molar-refractivity contribution in [3.05, 3.63) is 36.4 Å². The number of para-hydroxylation sites is 1. The van der Waals surface area contributed by atoms with Crippen LogP contribution < -0.4 is 4.90 Å². The van der Waals surface area contributed by atoms with Crippen molar-refractivity contribution in [3.8, 4) is 0 Å². The first-order valence-corrected chi connectivity index (χ1v) is 6.48. The van der Waals surface area contributed by atoms with Gasteiger partial charge in [0, 0.05) is 18.5 Å². The van der Waals surface area contributed by atoms with Crippen molar-refractivity contribution in [1.29, 1.82) is 0 Å². The van der Waals surface area contributed by atoms with Crippen molar-refractivity contribution in [1.82, 2.24) is 4.98 Å². The number of fused-ring (bicyclic) bond motifs is 1. The molecule has 0 saturated carbocycles. The topological polar surface area (TPSA) is 53.4 Å². The van der Waals surface area contributed by atoms with Crippen LogP contribution >= 0.6 is 0 Å². The van der Waals surface area contributed by atoms with E-state index in [0.29, 0.717) is 6.54 Å². The summed E-state index contributed by atoms with van der Waals surface area (Å²) in [6, 6.07) is 12.0. The molecule has 1 saturated heterocycles. The summed E-state index contributed by atoms with van der Waals surface area (Å²) >= 11 is 0. The number of carboxylic acid groups (broad SMARTS) is 1. The second-order valence-electron chi connectivity index (χ2n) is 5.19. The van der Waals surface area contributed by atoms with Gasteiger partial charge in [0.15, 0.2) is 0 Å². The number of carbonyl (C=O) groups is 1. The lowest BCUT2D eigenvalue weighted by Gasteiger charge is -2.17. The molecule has 2 heterocycles. The quantitative estimate of drug-likeness (QED) is 0.896. The van der Waals surface area contributed by atoms with Gasteiger partial charge in [0.1, 0.15) is 5.82 Å². The van der Waals surface area contributed by atoms with Crippen LogP contribution in [-0.4, -0.2) is 29.1 Å². The summed E-state index contributed by atoms with van der Waals surface area (Å²) < 4.78 is 0. The van der Waals surface area contributed by atoms with Gasteiger partial charge in [-0.15, -0.1) is 0 Å². The van der Waals surface area contributed by atoms with Crippen LogP contribution in [0.25, 0.3) is 10.9 Å². The first kappa shape index (κ1) is 12.0. The Kier molecular flexibility index (Phi) is 2.85. The number of pyridine rings is 1. The maximum Gasteiger partial charge on any atom is 0.308 e. The number of anilines is 1. The molecule has 4 heteroatoms. The third-order valence-corrected chi connectivity index (χ3v) is 3.84. The van der Waals surface area contributed by atoms with Crippen LogP contribution in [0.5, 0.6) is 0 Å². The highest BCUT2D eigenvalue weighted by atomic mass is 16.4. The standard InChI is InChI=1S/C15H16N2O2/c1-10-8-17(9-12(10)15(18)19)14-7-6-11-4-2-3-5-13(11)16-14/h2-7,10,12H,8-9H2,1H3,(H,18,19)/t10-,12-/m1/s1. The minimum atomic E-state index is -0.712. The van der Waals surface area contributed by atoms with Crippen LogP contribution in [0.15, 0.2) is 36.4 Å². The van der Waals surface area contributed by atoms with E-state index in [9.17, 15) is 9.90 Å². The molecule has 2 atom stereocenters. The average molecular weight is 256 g/mol. The van der Waals surface area contributed by atoms with Gasteiger partial charge in [-0.05, 0) is 24.1 Å². The fourth-order valence-electron chi connectivity index (χ4n) is 2.71. The van der Waals surface area contributed by atoms with Crippen LogP contribution in [0.4, 0.5) is 5.82 Å². The Balaban J connectivity index is 1.91. The summed E-state index contributed by atoms with van der Waals surface area (Å²) in [5.41, 5.74) is 0.950. The first-order chi connectivity index (χ1) is 9.15. The maximum absolute atomic E-state index is 11.2. The van der Waals surface area contributed by atoms with Gasteiger partial charge in [-0.2, -0.15) is 0 Å². The predicted molar refractivity (Wildman–Crippen MR) is 74.2 cm³/mol. The van der Waals surface area contributed by atoms with E-state index in [2.05, 4.69) is 9.88 Å². The van der Waals surface area contributed by atoms with E-state index in [0.717, 1.165) is 23.3 Å². The predicted octanol–water partition coefficient (Wildman–Crippen LogP) is 2.39. The number of carboxylic acids is 1. The molecule has 0 radical (unpaired) electrons. The zero-order chi connectivity index (χ0) is 13.4. The fourth-order valence-corrected chi connectivity index (χ4v) is 2.71. The summed E-state index contributed by atoms with van der Waals surface area (Å²) in [5, 5.41) is 10.3. The molecular weight excluding hydrogens is 240 g/mol. The highest BCUT2D eigenvalue weighted by Gasteiger charge is 2.35. The van der Waals surface area contributed by atoms with Crippen molar-refractivity contribution in [3.63, 3.8) is 0 Å². The summed E-state index contributed by atoms with van der Waals surface area (Å²) in [6.07, 6.45) is 0. The van der Waals surface area contributed by atoms with Gasteiger partial charge in [0.25, 0.3) is 0 Å². The Morgan fingerprint density at radius 1 is 1.26 bits per heavy atom. The monoisotopic (exact) mass is 256 g/mol. The molecular formula is C15H16N2O2. The molecule has 0 aliphatic carbocycles. The van der Waals surface area contributed by atoms with E-state index in [4.69, 9.17) is 0 Å². The first-order valence-electron chi connectivity index (χ1n) is 6.48. The third kappa shape index (κ3) is 2.14. The SMILES string of the molecule is C[C@@H]1CN(c2ccc3ccccc3n2)C[C@H]1C(=O)O. The van der Waals surface area contributed by atoms with Crippen molar-refractivity contribution < 1.29 is 9.90 Å². The largest absolute Gasteiger partial charge is 0.481 e. The molecule has 98 valence electrons. The molecule has 0 bridgehead atoms. The van der Waals surface area contributed by atoms with Gasteiger partial charge < -0.3 is 10.0 Å². The second kappa shape index (κ2) is 4.53. The van der Waals surface area contributed by atoms with Crippen LogP contribution in [-0.2, 0) is 4.79 Å². The van der Waals surface area contributed by atoms with Gasteiger partial charge in [-0.1, -0.05) is 25.1 Å². The van der Waals surface area contributed by atoms with Crippen LogP contribution in [0.3, 0.4) is 0 Å². The molecule has 19 heavy (non-hydrogen) atoms. The molecule has 4 nitrogen and oxygen atoms in total. The highest BCUT2D eigenvalue weighted by molar-refractivity contribution is 5.80. The molecule has 1 aromatic heterocycles. The zero-order valence-corrected chi connectivity index (χ0v) is 10.8. The molecule has 1 aliphatic heterocycles. The molecule has 1 fully saturated rings. The van der Waals surface area contributed by atoms with Crippen LogP contribution in [0, 0.1) is 11.8 Å².